The summed E-state index contributed by atoms with van der Waals surface area (Å²) in [4.78, 5) is 14.5. The molecule has 0 spiro atoms. The fourth-order valence-electron chi connectivity index (χ4n) is 1.34. The minimum atomic E-state index is -1.19. The molecule has 0 saturated carbocycles. The van der Waals surface area contributed by atoms with E-state index in [0.717, 1.165) is 6.20 Å². The van der Waals surface area contributed by atoms with Crippen LogP contribution in [0.2, 0.25) is 5.02 Å². The van der Waals surface area contributed by atoms with Gasteiger partial charge in [0.15, 0.2) is 5.82 Å². The van der Waals surface area contributed by atoms with Crippen LogP contribution in [0.4, 0.5) is 4.39 Å². The zero-order chi connectivity index (χ0) is 11.9. The van der Waals surface area contributed by atoms with Crippen LogP contribution in [0.1, 0.15) is 10.4 Å². The van der Waals surface area contributed by atoms with Crippen molar-refractivity contribution in [3.63, 3.8) is 0 Å². The first kappa shape index (κ1) is 11.3. The van der Waals surface area contributed by atoms with Crippen LogP contribution in [-0.4, -0.2) is 16.1 Å². The second-order valence-electron chi connectivity index (χ2n) is 3.07. The van der Waals surface area contributed by atoms with Crippen molar-refractivity contribution in [1.82, 2.24) is 4.98 Å². The van der Waals surface area contributed by atoms with Crippen molar-refractivity contribution in [3.05, 3.63) is 39.2 Å². The van der Waals surface area contributed by atoms with Gasteiger partial charge in [-0.2, -0.15) is 0 Å². The summed E-state index contributed by atoms with van der Waals surface area (Å²) < 4.78 is 13.9. The Morgan fingerprint density at radius 3 is 2.81 bits per heavy atom. The highest BCUT2D eigenvalue weighted by Gasteiger charge is 2.15. The Balaban J connectivity index is 2.89. The number of hydrogen-bond donors (Lipinski definition) is 1. The molecule has 0 amide bonds. The van der Waals surface area contributed by atoms with E-state index in [4.69, 9.17) is 16.7 Å². The molecule has 0 aliphatic heterocycles. The summed E-state index contributed by atoms with van der Waals surface area (Å²) in [5.41, 5.74) is -0.0927. The molecule has 0 fully saturated rings. The van der Waals surface area contributed by atoms with Gasteiger partial charge in [0.05, 0.1) is 10.6 Å². The predicted octanol–water partition coefficient (Wildman–Crippen LogP) is 3.49. The zero-order valence-electron chi connectivity index (χ0n) is 7.67. The Morgan fingerprint density at radius 2 is 2.19 bits per heavy atom. The number of rotatable bonds is 1. The molecular formula is C10H4BrClFNO2. The maximum atomic E-state index is 13.5. The van der Waals surface area contributed by atoms with Crippen LogP contribution in [0.15, 0.2) is 22.8 Å². The molecule has 1 aromatic carbocycles. The number of benzene rings is 1. The smallest absolute Gasteiger partial charge is 0.338 e. The van der Waals surface area contributed by atoms with Gasteiger partial charge in [-0.1, -0.05) is 27.5 Å². The third kappa shape index (κ3) is 1.76. The third-order valence-corrected chi connectivity index (χ3v) is 2.92. The van der Waals surface area contributed by atoms with E-state index < -0.39 is 11.8 Å². The van der Waals surface area contributed by atoms with Crippen molar-refractivity contribution < 1.29 is 14.3 Å². The van der Waals surface area contributed by atoms with Crippen LogP contribution < -0.4 is 0 Å². The normalized spacial score (nSPS) is 10.7. The van der Waals surface area contributed by atoms with Gasteiger partial charge in [-0.15, -0.1) is 0 Å². The number of carboxylic acids is 1. The molecule has 2 rings (SSSR count). The van der Waals surface area contributed by atoms with Crippen LogP contribution in [-0.2, 0) is 0 Å². The van der Waals surface area contributed by atoms with Crippen LogP contribution in [0.3, 0.4) is 0 Å². The van der Waals surface area contributed by atoms with Crippen molar-refractivity contribution in [2.45, 2.75) is 0 Å². The highest BCUT2D eigenvalue weighted by atomic mass is 79.9. The number of aromatic carboxylic acids is 1. The van der Waals surface area contributed by atoms with Gasteiger partial charge < -0.3 is 5.11 Å². The molecule has 0 unspecified atom stereocenters. The van der Waals surface area contributed by atoms with Gasteiger partial charge in [-0.05, 0) is 12.1 Å². The minimum Gasteiger partial charge on any atom is -0.478 e. The van der Waals surface area contributed by atoms with E-state index in [2.05, 4.69) is 20.9 Å². The number of carboxylic acid groups (broad SMARTS) is 1. The largest absolute Gasteiger partial charge is 0.478 e. The number of aromatic nitrogens is 1. The number of fused-ring (bicyclic) bond motifs is 1. The lowest BCUT2D eigenvalue weighted by Gasteiger charge is -2.04. The maximum absolute atomic E-state index is 13.5. The Morgan fingerprint density at radius 1 is 1.50 bits per heavy atom. The van der Waals surface area contributed by atoms with E-state index in [1.54, 1.807) is 0 Å². The summed E-state index contributed by atoms with van der Waals surface area (Å²) in [6, 6.07) is 2.77. The second kappa shape index (κ2) is 3.99. The van der Waals surface area contributed by atoms with Crippen molar-refractivity contribution in [2.75, 3.05) is 0 Å². The van der Waals surface area contributed by atoms with Gasteiger partial charge in [-0.25, -0.2) is 9.18 Å². The number of hydrogen-bond acceptors (Lipinski definition) is 2. The van der Waals surface area contributed by atoms with Gasteiger partial charge in [0, 0.05) is 16.1 Å². The van der Waals surface area contributed by atoms with Gasteiger partial charge >= 0.3 is 5.97 Å². The summed E-state index contributed by atoms with van der Waals surface area (Å²) in [6.07, 6.45) is 1.05. The molecule has 0 saturated heterocycles. The van der Waals surface area contributed by atoms with E-state index in [-0.39, 0.29) is 21.5 Å². The maximum Gasteiger partial charge on any atom is 0.338 e. The van der Waals surface area contributed by atoms with Crippen molar-refractivity contribution in [1.29, 1.82) is 0 Å². The molecule has 16 heavy (non-hydrogen) atoms. The average molecular weight is 305 g/mol. The third-order valence-electron chi connectivity index (χ3n) is 2.05. The highest BCUT2D eigenvalue weighted by Crippen LogP contribution is 2.29. The number of nitrogens with zero attached hydrogens (tertiary/aromatic N) is 1. The summed E-state index contributed by atoms with van der Waals surface area (Å²) in [6.45, 7) is 0. The average Bonchev–Trinajstić information content (AvgIpc) is 2.19. The quantitative estimate of drug-likeness (QED) is 0.877. The Hall–Kier alpha value is -1.20. The zero-order valence-corrected chi connectivity index (χ0v) is 10.0. The van der Waals surface area contributed by atoms with Crippen molar-refractivity contribution in [3.8, 4) is 0 Å². The highest BCUT2D eigenvalue weighted by molar-refractivity contribution is 9.10. The summed E-state index contributed by atoms with van der Waals surface area (Å²) in [7, 11) is 0. The van der Waals surface area contributed by atoms with E-state index >= 15 is 0 Å². The van der Waals surface area contributed by atoms with Crippen molar-refractivity contribution in [2.24, 2.45) is 0 Å². The Bertz CT molecular complexity index is 603. The van der Waals surface area contributed by atoms with Crippen LogP contribution >= 0.6 is 27.5 Å². The minimum absolute atomic E-state index is 0.0160. The van der Waals surface area contributed by atoms with E-state index in [1.807, 2.05) is 0 Å². The molecule has 1 heterocycles. The second-order valence-corrected chi connectivity index (χ2v) is 4.37. The molecule has 0 aliphatic rings. The lowest BCUT2D eigenvalue weighted by molar-refractivity contribution is 0.0697. The molecule has 0 bridgehead atoms. The molecule has 6 heteroatoms. The van der Waals surface area contributed by atoms with Gasteiger partial charge in [0.1, 0.15) is 5.52 Å². The predicted molar refractivity (Wildman–Crippen MR) is 61.4 cm³/mol. The topological polar surface area (TPSA) is 50.2 Å². The molecule has 82 valence electrons. The number of pyridine rings is 1. The first-order valence-corrected chi connectivity index (χ1v) is 5.34. The molecule has 0 radical (unpaired) electrons. The molecule has 1 aromatic heterocycles. The molecule has 3 nitrogen and oxygen atoms in total. The van der Waals surface area contributed by atoms with Gasteiger partial charge in [-0.3, -0.25) is 4.98 Å². The van der Waals surface area contributed by atoms with E-state index in [9.17, 15) is 9.18 Å². The standard InChI is InChI=1S/C10H4BrClFNO2/c11-4-1-5-8(12)6(10(15)16)3-14-9(5)7(13)2-4/h1-3H,(H,15,16). The lowest BCUT2D eigenvalue weighted by atomic mass is 10.1. The van der Waals surface area contributed by atoms with E-state index in [0.29, 0.717) is 4.47 Å². The summed E-state index contributed by atoms with van der Waals surface area (Å²) >= 11 is 8.98. The van der Waals surface area contributed by atoms with E-state index in [1.165, 1.54) is 12.1 Å². The fourth-order valence-corrected chi connectivity index (χ4v) is 2.05. The monoisotopic (exact) mass is 303 g/mol. The molecule has 2 aromatic rings. The first-order valence-electron chi connectivity index (χ1n) is 4.17. The molecule has 0 aliphatic carbocycles. The van der Waals surface area contributed by atoms with Crippen LogP contribution in [0, 0.1) is 5.82 Å². The van der Waals surface area contributed by atoms with Crippen molar-refractivity contribution >= 4 is 44.4 Å². The summed E-state index contributed by atoms with van der Waals surface area (Å²) in [5.74, 6) is -1.75. The van der Waals surface area contributed by atoms with Gasteiger partial charge in [0.25, 0.3) is 0 Å². The molecule has 1 N–H and O–H groups in total. The van der Waals surface area contributed by atoms with Crippen LogP contribution in [0.5, 0.6) is 0 Å². The first-order chi connectivity index (χ1) is 7.50. The van der Waals surface area contributed by atoms with Crippen LogP contribution in [0.25, 0.3) is 10.9 Å². The summed E-state index contributed by atoms with van der Waals surface area (Å²) in [5, 5.41) is 9.09. The lowest BCUT2D eigenvalue weighted by Crippen LogP contribution is -2.00. The number of halogens is 3. The number of carbonyl (C=O) groups is 1. The Kier molecular flexibility index (Phi) is 2.82. The van der Waals surface area contributed by atoms with Gasteiger partial charge in [0.2, 0.25) is 0 Å². The molecule has 0 atom stereocenters. The fraction of sp³-hybridized carbons (Fsp3) is 0. The SMILES string of the molecule is O=C(O)c1cnc2c(F)cc(Br)cc2c1Cl. The Labute approximate surface area is 103 Å². The molecular weight excluding hydrogens is 300 g/mol.